The lowest BCUT2D eigenvalue weighted by Crippen LogP contribution is -1.90. The second-order valence-corrected chi connectivity index (χ2v) is 7.08. The first-order valence-electron chi connectivity index (χ1n) is 9.25. The Balaban J connectivity index is 1.89. The van der Waals surface area contributed by atoms with Crippen LogP contribution in [0.4, 0.5) is 0 Å². The monoisotopic (exact) mass is 348 g/mol. The van der Waals surface area contributed by atoms with Crippen molar-refractivity contribution in [2.75, 3.05) is 0 Å². The normalized spacial score (nSPS) is 11.3. The number of aromatic amines is 1. The zero-order chi connectivity index (χ0) is 18.4. The molecule has 2 nitrogen and oxygen atoms in total. The van der Waals surface area contributed by atoms with E-state index in [9.17, 15) is 0 Å². The largest absolute Gasteiger partial charge is 0.358 e. The summed E-state index contributed by atoms with van der Waals surface area (Å²) in [6.07, 6.45) is 0. The molecule has 0 radical (unpaired) electrons. The first-order valence-corrected chi connectivity index (χ1v) is 9.25. The summed E-state index contributed by atoms with van der Waals surface area (Å²) in [5.74, 6) is 0. The van der Waals surface area contributed by atoms with Crippen LogP contribution in [0.25, 0.3) is 44.2 Å². The van der Waals surface area contributed by atoms with Crippen LogP contribution in [0.5, 0.6) is 0 Å². The number of nitrogens with zero attached hydrogens (tertiary/aromatic N) is 1. The highest BCUT2D eigenvalue weighted by Crippen LogP contribution is 2.35. The maximum absolute atomic E-state index is 5.00. The Kier molecular flexibility index (Phi) is 3.58. The van der Waals surface area contributed by atoms with Crippen molar-refractivity contribution in [3.63, 3.8) is 0 Å². The van der Waals surface area contributed by atoms with Gasteiger partial charge < -0.3 is 4.98 Å². The minimum atomic E-state index is 1.00. The average molecular weight is 348 g/mol. The maximum atomic E-state index is 5.00. The summed E-state index contributed by atoms with van der Waals surface area (Å²) in [6.45, 7) is 4.30. The molecular weight excluding hydrogens is 328 g/mol. The predicted octanol–water partition coefficient (Wildman–Crippen LogP) is 6.67. The van der Waals surface area contributed by atoms with Gasteiger partial charge in [-0.05, 0) is 48.7 Å². The van der Waals surface area contributed by atoms with E-state index in [-0.39, 0.29) is 0 Å². The molecular formula is C25H20N2. The standard InChI is InChI=1S/C25H20N2/c1-16-17(2)26-24-15-25-22(13-20(16)24)21(18-9-5-3-6-10-18)14-23(27-25)19-11-7-4-8-12-19/h3-15,26H,1-2H3. The Morgan fingerprint density at radius 3 is 2.07 bits per heavy atom. The quantitative estimate of drug-likeness (QED) is 0.379. The number of nitrogens with one attached hydrogen (secondary N) is 1. The molecule has 0 aliphatic rings. The lowest BCUT2D eigenvalue weighted by Gasteiger charge is -2.11. The van der Waals surface area contributed by atoms with Gasteiger partial charge in [0.25, 0.3) is 0 Å². The highest BCUT2D eigenvalue weighted by molar-refractivity contribution is 6.04. The molecule has 1 N–H and O–H groups in total. The Bertz CT molecular complexity index is 1270. The first kappa shape index (κ1) is 15.8. The predicted molar refractivity (Wildman–Crippen MR) is 114 cm³/mol. The SMILES string of the molecule is Cc1[nH]c2cc3nc(-c4ccccc4)cc(-c4ccccc4)c3cc2c1C. The smallest absolute Gasteiger partial charge is 0.0736 e. The van der Waals surface area contributed by atoms with Gasteiger partial charge in [-0.25, -0.2) is 4.98 Å². The number of pyridine rings is 1. The van der Waals surface area contributed by atoms with Crippen molar-refractivity contribution in [3.05, 3.63) is 90.1 Å². The molecule has 0 fully saturated rings. The van der Waals surface area contributed by atoms with Crippen molar-refractivity contribution in [1.82, 2.24) is 9.97 Å². The highest BCUT2D eigenvalue weighted by Gasteiger charge is 2.13. The summed E-state index contributed by atoms with van der Waals surface area (Å²) in [4.78, 5) is 8.50. The molecule has 0 atom stereocenters. The van der Waals surface area contributed by atoms with E-state index >= 15 is 0 Å². The van der Waals surface area contributed by atoms with Gasteiger partial charge in [-0.3, -0.25) is 0 Å². The third kappa shape index (κ3) is 2.61. The molecule has 27 heavy (non-hydrogen) atoms. The second-order valence-electron chi connectivity index (χ2n) is 7.08. The molecule has 2 heterocycles. The fourth-order valence-corrected chi connectivity index (χ4v) is 3.80. The van der Waals surface area contributed by atoms with Crippen LogP contribution in [0.2, 0.25) is 0 Å². The van der Waals surface area contributed by atoms with E-state index in [0.29, 0.717) is 0 Å². The van der Waals surface area contributed by atoms with Gasteiger partial charge in [0, 0.05) is 27.5 Å². The summed E-state index contributed by atoms with van der Waals surface area (Å²) in [5.41, 5.74) is 9.25. The van der Waals surface area contributed by atoms with Crippen LogP contribution in [-0.2, 0) is 0 Å². The number of hydrogen-bond donors (Lipinski definition) is 1. The van der Waals surface area contributed by atoms with E-state index in [1.54, 1.807) is 0 Å². The van der Waals surface area contributed by atoms with Crippen LogP contribution in [0, 0.1) is 13.8 Å². The van der Waals surface area contributed by atoms with Gasteiger partial charge in [-0.1, -0.05) is 60.7 Å². The van der Waals surface area contributed by atoms with Crippen LogP contribution in [-0.4, -0.2) is 9.97 Å². The average Bonchev–Trinajstić information content (AvgIpc) is 3.00. The van der Waals surface area contributed by atoms with E-state index in [1.807, 2.05) is 6.07 Å². The van der Waals surface area contributed by atoms with Crippen molar-refractivity contribution < 1.29 is 0 Å². The summed E-state index contributed by atoms with van der Waals surface area (Å²) in [7, 11) is 0. The van der Waals surface area contributed by atoms with Gasteiger partial charge in [0.05, 0.1) is 11.2 Å². The molecule has 5 aromatic rings. The molecule has 0 bridgehead atoms. The van der Waals surface area contributed by atoms with E-state index in [1.165, 1.54) is 33.2 Å². The number of H-pyrrole nitrogens is 1. The minimum Gasteiger partial charge on any atom is -0.358 e. The van der Waals surface area contributed by atoms with E-state index in [4.69, 9.17) is 4.98 Å². The molecule has 0 saturated heterocycles. The van der Waals surface area contributed by atoms with Gasteiger partial charge in [-0.2, -0.15) is 0 Å². The summed E-state index contributed by atoms with van der Waals surface area (Å²) < 4.78 is 0. The van der Waals surface area contributed by atoms with Gasteiger partial charge in [0.1, 0.15) is 0 Å². The third-order valence-corrected chi connectivity index (χ3v) is 5.39. The van der Waals surface area contributed by atoms with Crippen molar-refractivity contribution in [2.45, 2.75) is 13.8 Å². The Morgan fingerprint density at radius 1 is 0.704 bits per heavy atom. The molecule has 5 rings (SSSR count). The zero-order valence-electron chi connectivity index (χ0n) is 15.5. The number of aromatic nitrogens is 2. The molecule has 0 amide bonds. The topological polar surface area (TPSA) is 28.7 Å². The fraction of sp³-hybridized carbons (Fsp3) is 0.0800. The Morgan fingerprint density at radius 2 is 1.37 bits per heavy atom. The van der Waals surface area contributed by atoms with Crippen molar-refractivity contribution in [2.24, 2.45) is 0 Å². The number of fused-ring (bicyclic) bond motifs is 2. The van der Waals surface area contributed by atoms with Crippen LogP contribution in [0.1, 0.15) is 11.3 Å². The summed E-state index contributed by atoms with van der Waals surface area (Å²) in [6, 6.07) is 27.7. The van der Waals surface area contributed by atoms with E-state index in [2.05, 4.69) is 91.6 Å². The zero-order valence-corrected chi connectivity index (χ0v) is 15.5. The van der Waals surface area contributed by atoms with Gasteiger partial charge in [0.2, 0.25) is 0 Å². The molecule has 2 aromatic heterocycles. The first-order chi connectivity index (χ1) is 13.2. The van der Waals surface area contributed by atoms with Crippen LogP contribution >= 0.6 is 0 Å². The molecule has 0 aliphatic heterocycles. The molecule has 0 aliphatic carbocycles. The molecule has 0 spiro atoms. The van der Waals surface area contributed by atoms with Crippen molar-refractivity contribution in [3.8, 4) is 22.4 Å². The van der Waals surface area contributed by atoms with Gasteiger partial charge >= 0.3 is 0 Å². The molecule has 0 unspecified atom stereocenters. The summed E-state index contributed by atoms with van der Waals surface area (Å²) >= 11 is 0. The van der Waals surface area contributed by atoms with Crippen LogP contribution in [0.15, 0.2) is 78.9 Å². The van der Waals surface area contributed by atoms with E-state index in [0.717, 1.165) is 22.3 Å². The molecule has 130 valence electrons. The minimum absolute atomic E-state index is 1.00. The van der Waals surface area contributed by atoms with Crippen LogP contribution < -0.4 is 0 Å². The summed E-state index contributed by atoms with van der Waals surface area (Å²) in [5, 5.41) is 2.46. The number of rotatable bonds is 2. The maximum Gasteiger partial charge on any atom is 0.0736 e. The Labute approximate surface area is 158 Å². The molecule has 3 aromatic carbocycles. The number of hydrogen-bond acceptors (Lipinski definition) is 1. The Hall–Kier alpha value is -3.39. The van der Waals surface area contributed by atoms with Gasteiger partial charge in [-0.15, -0.1) is 0 Å². The second kappa shape index (κ2) is 6.10. The highest BCUT2D eigenvalue weighted by atomic mass is 14.7. The van der Waals surface area contributed by atoms with Gasteiger partial charge in [0.15, 0.2) is 0 Å². The van der Waals surface area contributed by atoms with Crippen molar-refractivity contribution in [1.29, 1.82) is 0 Å². The number of benzene rings is 3. The van der Waals surface area contributed by atoms with E-state index < -0.39 is 0 Å². The number of aryl methyl sites for hydroxylation is 2. The third-order valence-electron chi connectivity index (χ3n) is 5.39. The lowest BCUT2D eigenvalue weighted by molar-refractivity contribution is 1.25. The van der Waals surface area contributed by atoms with Crippen LogP contribution in [0.3, 0.4) is 0 Å². The fourth-order valence-electron chi connectivity index (χ4n) is 3.80. The molecule has 2 heteroatoms. The molecule has 0 saturated carbocycles. The van der Waals surface area contributed by atoms with Crippen molar-refractivity contribution >= 4 is 21.8 Å². The lowest BCUT2D eigenvalue weighted by atomic mass is 9.97.